The largest absolute Gasteiger partial charge is 0.480 e. The molecular formula is C33H59N9O12. The maximum atomic E-state index is 13.5. The lowest BCUT2D eigenvalue weighted by Gasteiger charge is -2.29. The van der Waals surface area contributed by atoms with Crippen LogP contribution < -0.4 is 48.7 Å². The van der Waals surface area contributed by atoms with Crippen LogP contribution in [0.2, 0.25) is 0 Å². The van der Waals surface area contributed by atoms with Gasteiger partial charge in [0.15, 0.2) is 0 Å². The average Bonchev–Trinajstić information content (AvgIpc) is 3.08. The molecule has 0 saturated heterocycles. The van der Waals surface area contributed by atoms with E-state index >= 15 is 0 Å². The van der Waals surface area contributed by atoms with E-state index in [0.29, 0.717) is 6.42 Å². The van der Waals surface area contributed by atoms with Crippen LogP contribution in [0.3, 0.4) is 0 Å². The molecule has 0 aromatic rings. The van der Waals surface area contributed by atoms with Crippen LogP contribution in [0.25, 0.3) is 0 Å². The Morgan fingerprint density at radius 3 is 1.52 bits per heavy atom. The second-order valence-electron chi connectivity index (χ2n) is 13.9. The summed E-state index contributed by atoms with van der Waals surface area (Å²) in [7, 11) is 0. The van der Waals surface area contributed by atoms with E-state index in [9.17, 15) is 53.4 Å². The minimum atomic E-state index is -1.69. The molecule has 0 rings (SSSR count). The number of carbonyl (C=O) groups is 9. The van der Waals surface area contributed by atoms with Gasteiger partial charge in [-0.15, -0.1) is 0 Å². The molecule has 0 unspecified atom stereocenters. The van der Waals surface area contributed by atoms with E-state index in [-0.39, 0.29) is 24.7 Å². The molecule has 0 radical (unpaired) electrons. The zero-order valence-corrected chi connectivity index (χ0v) is 31.9. The van der Waals surface area contributed by atoms with E-state index in [4.69, 9.17) is 16.6 Å². The molecule has 0 heterocycles. The van der Waals surface area contributed by atoms with Gasteiger partial charge in [0, 0.05) is 0 Å². The summed E-state index contributed by atoms with van der Waals surface area (Å²) < 4.78 is 0. The first kappa shape index (κ1) is 49.1. The van der Waals surface area contributed by atoms with Gasteiger partial charge in [-0.25, -0.2) is 4.79 Å². The summed E-state index contributed by atoms with van der Waals surface area (Å²) in [6, 6.07) is -9.37. The molecule has 0 saturated carbocycles. The summed E-state index contributed by atoms with van der Waals surface area (Å²) in [5.74, 6) is -8.87. The molecule has 21 nitrogen and oxygen atoms in total. The third-order valence-electron chi connectivity index (χ3n) is 8.04. The van der Waals surface area contributed by atoms with Crippen LogP contribution in [-0.2, 0) is 43.2 Å². The topological polar surface area (TPSA) is 351 Å². The number of aliphatic hydroxyl groups excluding tert-OH is 2. The van der Waals surface area contributed by atoms with Crippen molar-refractivity contribution in [3.05, 3.63) is 0 Å². The predicted molar refractivity (Wildman–Crippen MR) is 192 cm³/mol. The van der Waals surface area contributed by atoms with Crippen LogP contribution in [0.5, 0.6) is 0 Å². The Bertz CT molecular complexity index is 1330. The maximum Gasteiger partial charge on any atom is 0.328 e. The van der Waals surface area contributed by atoms with Gasteiger partial charge in [-0.2, -0.15) is 0 Å². The second kappa shape index (κ2) is 24.4. The van der Waals surface area contributed by atoms with Crippen molar-refractivity contribution < 1.29 is 58.5 Å². The summed E-state index contributed by atoms with van der Waals surface area (Å²) in [5.41, 5.74) is 10.7. The number of hydrogen-bond acceptors (Lipinski definition) is 12. The van der Waals surface area contributed by atoms with Crippen molar-refractivity contribution in [1.29, 1.82) is 0 Å². The van der Waals surface area contributed by atoms with Gasteiger partial charge in [-0.05, 0) is 37.5 Å². The van der Waals surface area contributed by atoms with Crippen LogP contribution in [0.4, 0.5) is 0 Å². The van der Waals surface area contributed by atoms with Crippen molar-refractivity contribution in [3.8, 4) is 0 Å². The van der Waals surface area contributed by atoms with Gasteiger partial charge in [-0.3, -0.25) is 38.4 Å². The van der Waals surface area contributed by atoms with Gasteiger partial charge in [0.25, 0.3) is 0 Å². The zero-order chi connectivity index (χ0) is 41.9. The Hall–Kier alpha value is -4.89. The van der Waals surface area contributed by atoms with Crippen LogP contribution >= 0.6 is 0 Å². The van der Waals surface area contributed by atoms with Crippen molar-refractivity contribution in [2.75, 3.05) is 19.8 Å². The third kappa shape index (κ3) is 18.2. The molecule has 0 aromatic heterocycles. The number of hydrogen-bond donors (Lipinski definition) is 12. The molecule has 14 N–H and O–H groups in total. The molecule has 0 aliphatic rings. The quantitative estimate of drug-likeness (QED) is 0.0416. The molecule has 0 aromatic carbocycles. The van der Waals surface area contributed by atoms with E-state index in [1.807, 2.05) is 5.32 Å². The Morgan fingerprint density at radius 1 is 0.593 bits per heavy atom. The van der Waals surface area contributed by atoms with Crippen LogP contribution in [0.15, 0.2) is 0 Å². The van der Waals surface area contributed by atoms with Gasteiger partial charge in [0.2, 0.25) is 47.3 Å². The Kier molecular flexibility index (Phi) is 22.2. The van der Waals surface area contributed by atoms with Gasteiger partial charge in [0.05, 0.1) is 32.2 Å². The van der Waals surface area contributed by atoms with Crippen molar-refractivity contribution in [3.63, 3.8) is 0 Å². The highest BCUT2D eigenvalue weighted by Crippen LogP contribution is 2.12. The number of amides is 8. The number of carboxylic acids is 1. The van der Waals surface area contributed by atoms with E-state index in [1.165, 1.54) is 6.92 Å². The maximum absolute atomic E-state index is 13.5. The number of nitrogens with one attached hydrogen (secondary N) is 7. The average molecular weight is 774 g/mol. The molecule has 0 spiro atoms. The third-order valence-corrected chi connectivity index (χ3v) is 8.04. The molecule has 0 aliphatic carbocycles. The van der Waals surface area contributed by atoms with E-state index in [1.54, 1.807) is 41.5 Å². The first-order valence-corrected chi connectivity index (χ1v) is 17.6. The standard InChI is InChI=1S/C33H59N9O12/c1-8-17(6)26(32(52)39-21(10-16(4)5)30(50)40-22(13-43)31(51)41-23(14-44)33(53)54)42-27(47)18(7)37-25(46)12-36-29(49)20(9-15(2)3)38-28(48)19(34)11-24(35)45/h15-23,26,43-44H,8-14,34H2,1-7H3,(H2,35,45)(H,36,49)(H,37,46)(H,38,48)(H,39,52)(H,40,50)(H,41,51)(H,42,47)(H,53,54)/t17-,18-,19-,20-,21-,22-,23-,26-/m0/s1. The number of carboxylic acid groups (broad SMARTS) is 1. The molecule has 0 fully saturated rings. The fourth-order valence-corrected chi connectivity index (χ4v) is 4.81. The number of rotatable bonds is 25. The Balaban J connectivity index is 5.64. The second-order valence-corrected chi connectivity index (χ2v) is 13.9. The summed E-state index contributed by atoms with van der Waals surface area (Å²) in [5, 5.41) is 44.6. The molecule has 0 aliphatic heterocycles. The lowest BCUT2D eigenvalue weighted by molar-refractivity contribution is -0.143. The number of aliphatic hydroxyl groups is 2. The molecule has 21 heteroatoms. The summed E-state index contributed by atoms with van der Waals surface area (Å²) in [6.45, 7) is 9.40. The lowest BCUT2D eigenvalue weighted by Crippen LogP contribution is -2.60. The number of aliphatic carboxylic acids is 1. The first-order chi connectivity index (χ1) is 25.1. The molecule has 54 heavy (non-hydrogen) atoms. The highest BCUT2D eigenvalue weighted by Gasteiger charge is 2.34. The van der Waals surface area contributed by atoms with Crippen LogP contribution in [0, 0.1) is 17.8 Å². The normalized spacial score (nSPS) is 15.6. The smallest absolute Gasteiger partial charge is 0.328 e. The van der Waals surface area contributed by atoms with Crippen molar-refractivity contribution in [1.82, 2.24) is 37.2 Å². The molecule has 8 amide bonds. The van der Waals surface area contributed by atoms with E-state index in [0.717, 1.165) is 0 Å². The van der Waals surface area contributed by atoms with Gasteiger partial charge in [-0.1, -0.05) is 48.0 Å². The number of carbonyl (C=O) groups excluding carboxylic acids is 8. The zero-order valence-electron chi connectivity index (χ0n) is 31.9. The minimum Gasteiger partial charge on any atom is -0.480 e. The van der Waals surface area contributed by atoms with Crippen molar-refractivity contribution >= 4 is 53.2 Å². The fourth-order valence-electron chi connectivity index (χ4n) is 4.81. The van der Waals surface area contributed by atoms with Gasteiger partial charge >= 0.3 is 5.97 Å². The molecule has 0 bridgehead atoms. The highest BCUT2D eigenvalue weighted by molar-refractivity contribution is 5.97. The van der Waals surface area contributed by atoms with Gasteiger partial charge in [0.1, 0.15) is 36.3 Å². The van der Waals surface area contributed by atoms with Gasteiger partial charge < -0.3 is 64.0 Å². The summed E-state index contributed by atoms with van der Waals surface area (Å²) >= 11 is 0. The number of primary amides is 1. The summed E-state index contributed by atoms with van der Waals surface area (Å²) in [4.78, 5) is 113. The summed E-state index contributed by atoms with van der Waals surface area (Å²) in [6.07, 6.45) is 0.200. The Morgan fingerprint density at radius 2 is 1.06 bits per heavy atom. The van der Waals surface area contributed by atoms with Crippen LogP contribution in [-0.4, -0.2) is 131 Å². The van der Waals surface area contributed by atoms with E-state index in [2.05, 4.69) is 31.9 Å². The Labute approximate surface area is 314 Å². The van der Waals surface area contributed by atoms with Crippen molar-refractivity contribution in [2.45, 2.75) is 116 Å². The minimum absolute atomic E-state index is 0.0625. The lowest BCUT2D eigenvalue weighted by atomic mass is 9.96. The fraction of sp³-hybridized carbons (Fsp3) is 0.727. The van der Waals surface area contributed by atoms with E-state index < -0.39 is 128 Å². The number of nitrogens with two attached hydrogens (primary N) is 2. The molecule has 308 valence electrons. The first-order valence-electron chi connectivity index (χ1n) is 17.6. The highest BCUT2D eigenvalue weighted by atomic mass is 16.4. The molecular weight excluding hydrogens is 714 g/mol. The SMILES string of the molecule is CC[C@H](C)[C@H](NC(=O)[C@H](C)NC(=O)CNC(=O)[C@H](CC(C)C)NC(=O)[C@@H](N)CC(N)=O)C(=O)N[C@@H](CC(C)C)C(=O)N[C@@H](CO)C(=O)N[C@@H](CO)C(=O)O. The molecule has 8 atom stereocenters. The van der Waals surface area contributed by atoms with Crippen molar-refractivity contribution in [2.24, 2.45) is 29.2 Å². The van der Waals surface area contributed by atoms with Crippen LogP contribution in [0.1, 0.15) is 74.1 Å². The monoisotopic (exact) mass is 773 g/mol. The predicted octanol–water partition coefficient (Wildman–Crippen LogP) is -4.56.